The number of alkyl halides is 3. The van der Waals surface area contributed by atoms with E-state index in [-0.39, 0.29) is 24.8 Å². The Morgan fingerprint density at radius 2 is 2.00 bits per heavy atom. The molecule has 1 aliphatic heterocycles. The van der Waals surface area contributed by atoms with Crippen molar-refractivity contribution < 1.29 is 26.4 Å². The van der Waals surface area contributed by atoms with E-state index in [2.05, 4.69) is 5.32 Å². The van der Waals surface area contributed by atoms with Gasteiger partial charge in [0.15, 0.2) is 0 Å². The number of nitrogens with one attached hydrogen (secondary N) is 1. The van der Waals surface area contributed by atoms with Crippen LogP contribution in [-0.4, -0.2) is 37.0 Å². The van der Waals surface area contributed by atoms with Crippen molar-refractivity contribution in [2.75, 3.05) is 12.3 Å². The second-order valence-electron chi connectivity index (χ2n) is 6.39. The molecular weight excluding hydrogens is 357 g/mol. The van der Waals surface area contributed by atoms with Crippen molar-refractivity contribution in [3.63, 3.8) is 0 Å². The van der Waals surface area contributed by atoms with Crippen molar-refractivity contribution in [1.82, 2.24) is 9.62 Å². The lowest BCUT2D eigenvalue weighted by atomic mass is 10.0. The predicted octanol–water partition coefficient (Wildman–Crippen LogP) is 2.38. The van der Waals surface area contributed by atoms with Gasteiger partial charge in [-0.15, -0.1) is 0 Å². The van der Waals surface area contributed by atoms with E-state index in [1.54, 1.807) is 13.8 Å². The van der Waals surface area contributed by atoms with Gasteiger partial charge in [0.25, 0.3) is 0 Å². The van der Waals surface area contributed by atoms with Gasteiger partial charge in [0.05, 0.1) is 11.3 Å². The first-order valence-electron chi connectivity index (χ1n) is 7.96. The molecular formula is C16H21F3N2O3S. The normalized spacial score (nSPS) is 19.1. The number of hydrogen-bond donors (Lipinski definition) is 1. The monoisotopic (exact) mass is 378 g/mol. The molecule has 0 spiro atoms. The highest BCUT2D eigenvalue weighted by molar-refractivity contribution is 7.89. The van der Waals surface area contributed by atoms with E-state index < -0.39 is 33.7 Å². The smallest absolute Gasteiger partial charge is 0.351 e. The fourth-order valence-corrected chi connectivity index (χ4v) is 4.71. The van der Waals surface area contributed by atoms with E-state index in [0.29, 0.717) is 12.0 Å². The highest BCUT2D eigenvalue weighted by Gasteiger charge is 2.39. The summed E-state index contributed by atoms with van der Waals surface area (Å²) < 4.78 is 63.5. The second kappa shape index (κ2) is 7.33. The molecule has 0 radical (unpaired) electrons. The van der Waals surface area contributed by atoms with Crippen LogP contribution < -0.4 is 5.32 Å². The average Bonchev–Trinajstić information content (AvgIpc) is 2.84. The molecule has 1 amide bonds. The summed E-state index contributed by atoms with van der Waals surface area (Å²) >= 11 is 0. The number of nitrogens with zero attached hydrogens (tertiary/aromatic N) is 1. The summed E-state index contributed by atoms with van der Waals surface area (Å²) in [7, 11) is -3.46. The Morgan fingerprint density at radius 3 is 2.52 bits per heavy atom. The Hall–Kier alpha value is -1.61. The van der Waals surface area contributed by atoms with E-state index >= 15 is 0 Å². The molecule has 5 nitrogen and oxygen atoms in total. The number of benzene rings is 1. The number of carbonyl (C=O) groups is 1. The first-order chi connectivity index (χ1) is 11.5. The summed E-state index contributed by atoms with van der Waals surface area (Å²) in [5.41, 5.74) is -0.489. The van der Waals surface area contributed by atoms with Gasteiger partial charge in [-0.2, -0.15) is 17.5 Å². The van der Waals surface area contributed by atoms with Crippen LogP contribution >= 0.6 is 0 Å². The van der Waals surface area contributed by atoms with Gasteiger partial charge in [-0.25, -0.2) is 8.42 Å². The SMILES string of the molecule is CC(C)[C@@H](C(=O)NCc1cccc(C(F)(F)F)c1)N1CCCS1(=O)=O. The van der Waals surface area contributed by atoms with E-state index in [1.165, 1.54) is 16.4 Å². The van der Waals surface area contributed by atoms with Gasteiger partial charge < -0.3 is 5.32 Å². The fourth-order valence-electron chi connectivity index (χ4n) is 2.89. The fraction of sp³-hybridized carbons (Fsp3) is 0.562. The minimum atomic E-state index is -4.45. The van der Waals surface area contributed by atoms with Crippen molar-refractivity contribution >= 4 is 15.9 Å². The third-order valence-corrected chi connectivity index (χ3v) is 6.00. The molecule has 0 bridgehead atoms. The standard InChI is InChI=1S/C16H21F3N2O3S/c1-11(2)14(21-7-4-8-25(21,23)24)15(22)20-10-12-5-3-6-13(9-12)16(17,18)19/h3,5-6,9,11,14H,4,7-8,10H2,1-2H3,(H,20,22)/t14-/m0/s1. The number of carbonyl (C=O) groups excluding carboxylic acids is 1. The summed E-state index contributed by atoms with van der Waals surface area (Å²) in [5.74, 6) is -0.746. The lowest BCUT2D eigenvalue weighted by Gasteiger charge is -2.28. The zero-order valence-corrected chi connectivity index (χ0v) is 14.8. The number of amides is 1. The first-order valence-corrected chi connectivity index (χ1v) is 9.56. The topological polar surface area (TPSA) is 66.5 Å². The maximum atomic E-state index is 12.7. The zero-order chi connectivity index (χ0) is 18.8. The Morgan fingerprint density at radius 1 is 1.32 bits per heavy atom. The minimum absolute atomic E-state index is 0.0110. The molecule has 0 aromatic heterocycles. The molecule has 0 saturated carbocycles. The van der Waals surface area contributed by atoms with Gasteiger partial charge in [-0.05, 0) is 30.0 Å². The largest absolute Gasteiger partial charge is 0.416 e. The molecule has 9 heteroatoms. The molecule has 25 heavy (non-hydrogen) atoms. The minimum Gasteiger partial charge on any atom is -0.351 e. The molecule has 1 fully saturated rings. The van der Waals surface area contributed by atoms with E-state index in [0.717, 1.165) is 12.1 Å². The van der Waals surface area contributed by atoms with Gasteiger partial charge in [-0.3, -0.25) is 4.79 Å². The van der Waals surface area contributed by atoms with Crippen LogP contribution in [0.1, 0.15) is 31.4 Å². The maximum Gasteiger partial charge on any atom is 0.416 e. The molecule has 0 aliphatic carbocycles. The third-order valence-electron chi connectivity index (χ3n) is 4.07. The highest BCUT2D eigenvalue weighted by Crippen LogP contribution is 2.29. The number of halogens is 3. The quantitative estimate of drug-likeness (QED) is 0.856. The van der Waals surface area contributed by atoms with E-state index in [4.69, 9.17) is 0 Å². The first kappa shape index (κ1) is 19.7. The van der Waals surface area contributed by atoms with Gasteiger partial charge in [0.1, 0.15) is 6.04 Å². The lowest BCUT2D eigenvalue weighted by molar-refractivity contribution is -0.137. The molecule has 2 rings (SSSR count). The molecule has 1 aliphatic rings. The van der Waals surface area contributed by atoms with Crippen molar-refractivity contribution in [1.29, 1.82) is 0 Å². The Bertz CT molecular complexity index is 732. The Balaban J connectivity index is 2.10. The summed E-state index contributed by atoms with van der Waals surface area (Å²) in [6.45, 7) is 3.66. The van der Waals surface area contributed by atoms with Crippen LogP contribution in [0.2, 0.25) is 0 Å². The van der Waals surface area contributed by atoms with Crippen molar-refractivity contribution in [2.24, 2.45) is 5.92 Å². The second-order valence-corrected chi connectivity index (χ2v) is 8.43. The van der Waals surface area contributed by atoms with Gasteiger partial charge in [0, 0.05) is 13.1 Å². The summed E-state index contributed by atoms with van der Waals surface area (Å²) in [6, 6.07) is 3.82. The van der Waals surface area contributed by atoms with Crippen LogP contribution in [0.5, 0.6) is 0 Å². The van der Waals surface area contributed by atoms with Crippen LogP contribution in [-0.2, 0) is 27.5 Å². The molecule has 0 unspecified atom stereocenters. The predicted molar refractivity (Wildman–Crippen MR) is 87.0 cm³/mol. The van der Waals surface area contributed by atoms with Gasteiger partial charge >= 0.3 is 6.18 Å². The molecule has 1 aromatic rings. The van der Waals surface area contributed by atoms with Crippen LogP contribution in [0.3, 0.4) is 0 Å². The van der Waals surface area contributed by atoms with Gasteiger partial charge in [-0.1, -0.05) is 26.0 Å². The molecule has 1 atom stereocenters. The molecule has 1 saturated heterocycles. The highest BCUT2D eigenvalue weighted by atomic mass is 32.2. The third kappa shape index (κ3) is 4.72. The van der Waals surface area contributed by atoms with Crippen LogP contribution in [0.15, 0.2) is 24.3 Å². The Labute approximate surface area is 145 Å². The summed E-state index contributed by atoms with van der Waals surface area (Å²) in [5, 5.41) is 2.56. The van der Waals surface area contributed by atoms with Crippen molar-refractivity contribution in [2.45, 2.75) is 39.0 Å². The lowest BCUT2D eigenvalue weighted by Crippen LogP contribution is -2.50. The number of rotatable bonds is 5. The summed E-state index contributed by atoms with van der Waals surface area (Å²) in [4.78, 5) is 12.5. The molecule has 1 heterocycles. The average molecular weight is 378 g/mol. The number of sulfonamides is 1. The Kier molecular flexibility index (Phi) is 5.78. The maximum absolute atomic E-state index is 12.7. The van der Waals surface area contributed by atoms with Gasteiger partial charge in [0.2, 0.25) is 15.9 Å². The molecule has 1 aromatic carbocycles. The van der Waals surface area contributed by atoms with E-state index in [9.17, 15) is 26.4 Å². The zero-order valence-electron chi connectivity index (χ0n) is 14.0. The number of hydrogen-bond acceptors (Lipinski definition) is 3. The molecule has 140 valence electrons. The van der Waals surface area contributed by atoms with Crippen molar-refractivity contribution in [3.8, 4) is 0 Å². The van der Waals surface area contributed by atoms with E-state index in [1.807, 2.05) is 0 Å². The summed E-state index contributed by atoms with van der Waals surface area (Å²) in [6.07, 6.45) is -3.99. The van der Waals surface area contributed by atoms with Crippen LogP contribution in [0, 0.1) is 5.92 Å². The molecule has 1 N–H and O–H groups in total. The van der Waals surface area contributed by atoms with Crippen LogP contribution in [0.4, 0.5) is 13.2 Å². The van der Waals surface area contributed by atoms with Crippen molar-refractivity contribution in [3.05, 3.63) is 35.4 Å². The van der Waals surface area contributed by atoms with Crippen LogP contribution in [0.25, 0.3) is 0 Å².